The molecule has 2 N–H and O–H groups in total. The lowest BCUT2D eigenvalue weighted by atomic mass is 9.83. The van der Waals surface area contributed by atoms with Crippen LogP contribution in [0.3, 0.4) is 0 Å². The Kier molecular flexibility index (Phi) is 7.48. The molecule has 11 heteroatoms. The maximum atomic E-state index is 11.1. The van der Waals surface area contributed by atoms with Crippen LogP contribution in [0.15, 0.2) is 42.6 Å². The van der Waals surface area contributed by atoms with Gasteiger partial charge in [-0.15, -0.1) is 0 Å². The number of fused-ring (bicyclic) bond motifs is 1. The summed E-state index contributed by atoms with van der Waals surface area (Å²) in [5.74, 6) is 0.326. The van der Waals surface area contributed by atoms with Crippen LogP contribution in [0.2, 0.25) is 0 Å². The van der Waals surface area contributed by atoms with Crippen molar-refractivity contribution in [2.45, 2.75) is 32.1 Å². The third-order valence-corrected chi connectivity index (χ3v) is 6.45. The van der Waals surface area contributed by atoms with E-state index in [9.17, 15) is 18.9 Å². The highest BCUT2D eigenvalue weighted by Gasteiger charge is 2.37. The minimum Gasteiger partial charge on any atom is -0.324 e. The summed E-state index contributed by atoms with van der Waals surface area (Å²) in [5, 5.41) is 22.1. The van der Waals surface area contributed by atoms with Crippen LogP contribution in [0.5, 0.6) is 0 Å². The minimum absolute atomic E-state index is 0. The van der Waals surface area contributed by atoms with E-state index in [2.05, 4.69) is 27.4 Å². The van der Waals surface area contributed by atoms with E-state index in [0.717, 1.165) is 16.7 Å². The number of nitrogens with one attached hydrogen (secondary N) is 1. The van der Waals surface area contributed by atoms with E-state index < -0.39 is 15.8 Å². The first-order chi connectivity index (χ1) is 16.1. The lowest BCUT2D eigenvalue weighted by molar-refractivity contribution is 0.205. The van der Waals surface area contributed by atoms with Crippen molar-refractivity contribution in [2.75, 3.05) is 11.9 Å². The number of rotatable bonds is 6. The van der Waals surface area contributed by atoms with E-state index in [4.69, 9.17) is 8.74 Å². The molecule has 4 rings (SSSR count). The quantitative estimate of drug-likeness (QED) is 0.469. The Bertz CT molecular complexity index is 1480. The summed E-state index contributed by atoms with van der Waals surface area (Å²) in [6.07, 6.45) is 2.75. The molecule has 0 spiro atoms. The van der Waals surface area contributed by atoms with E-state index in [-0.39, 0.29) is 20.1 Å². The molecular weight excluding hydrogens is 486 g/mol. The Morgan fingerprint density at radius 3 is 2.66 bits per heavy atom. The molecule has 1 heterocycles. The van der Waals surface area contributed by atoms with Gasteiger partial charge in [0.1, 0.15) is 0 Å². The van der Waals surface area contributed by atoms with Gasteiger partial charge in [-0.1, -0.05) is 13.0 Å². The number of aromatic nitrogens is 2. The van der Waals surface area contributed by atoms with Gasteiger partial charge in [-0.2, -0.15) is 32.4 Å². The minimum atomic E-state index is -4.59. The first-order valence-electron chi connectivity index (χ1n) is 10.4. The van der Waals surface area contributed by atoms with Crippen LogP contribution in [0.4, 0.5) is 11.6 Å². The molecule has 180 valence electrons. The Balaban J connectivity index is 0.00000342. The van der Waals surface area contributed by atoms with Crippen molar-refractivity contribution < 1.29 is 17.2 Å². The topological polar surface area (TPSA) is 149 Å². The molecule has 1 aliphatic carbocycles. The first kappa shape index (κ1) is 26.1. The fourth-order valence-electron chi connectivity index (χ4n) is 4.14. The Hall–Kier alpha value is -3.48. The monoisotopic (exact) mass is 509 g/mol. The van der Waals surface area contributed by atoms with Crippen LogP contribution in [-0.2, 0) is 26.4 Å². The average Bonchev–Trinajstić information content (AvgIpc) is 3.15. The Morgan fingerprint density at radius 2 is 1.97 bits per heavy atom. The zero-order valence-electron chi connectivity index (χ0n) is 19.0. The van der Waals surface area contributed by atoms with Crippen molar-refractivity contribution in [3.63, 3.8) is 0 Å². The van der Waals surface area contributed by atoms with Gasteiger partial charge < -0.3 is 5.32 Å². The highest BCUT2D eigenvalue weighted by molar-refractivity contribution is 7.80. The van der Waals surface area contributed by atoms with Gasteiger partial charge in [-0.3, -0.25) is 4.55 Å². The molecule has 0 saturated heterocycles. The largest absolute Gasteiger partial charge is 0.397 e. The highest BCUT2D eigenvalue weighted by Crippen LogP contribution is 2.42. The predicted molar refractivity (Wildman–Crippen MR) is 135 cm³/mol. The Labute approximate surface area is 210 Å². The van der Waals surface area contributed by atoms with E-state index in [1.807, 2.05) is 26.0 Å². The van der Waals surface area contributed by atoms with E-state index >= 15 is 0 Å². The van der Waals surface area contributed by atoms with E-state index in [1.54, 1.807) is 30.5 Å². The summed E-state index contributed by atoms with van der Waals surface area (Å²) in [6.45, 7) is 3.51. The molecule has 2 aromatic carbocycles. The van der Waals surface area contributed by atoms with Gasteiger partial charge in [0, 0.05) is 22.9 Å². The number of aryl methyl sites for hydroxylation is 1. The molecule has 1 aromatic heterocycles. The molecule has 0 fully saturated rings. The van der Waals surface area contributed by atoms with Crippen molar-refractivity contribution in [2.24, 2.45) is 0 Å². The Morgan fingerprint density at radius 1 is 1.20 bits per heavy atom. The maximum absolute atomic E-state index is 11.1. The third kappa shape index (κ3) is 5.61. The van der Waals surface area contributed by atoms with Crippen LogP contribution in [0, 0.1) is 29.6 Å². The smallest absolute Gasteiger partial charge is 0.324 e. The van der Waals surface area contributed by atoms with Crippen LogP contribution in [0.25, 0.3) is 11.3 Å². The molecule has 1 aliphatic rings. The molecule has 0 bridgehead atoms. The average molecular weight is 510 g/mol. The number of anilines is 2. The molecule has 0 radical (unpaired) electrons. The molecule has 35 heavy (non-hydrogen) atoms. The summed E-state index contributed by atoms with van der Waals surface area (Å²) in [6, 6.07) is 15.0. The van der Waals surface area contributed by atoms with Gasteiger partial charge >= 0.3 is 10.4 Å². The van der Waals surface area contributed by atoms with Gasteiger partial charge in [0.15, 0.2) is 0 Å². The lowest BCUT2D eigenvalue weighted by Crippen LogP contribution is -2.27. The zero-order valence-corrected chi connectivity index (χ0v) is 20.8. The zero-order chi connectivity index (χ0) is 24.5. The number of nitrogens with zero attached hydrogens (tertiary/aromatic N) is 4. The molecule has 0 amide bonds. The second kappa shape index (κ2) is 10.0. The standard InChI is InChI=1S/C24H21N5O4S.H2S/c1-15-3-4-16(12-25)9-22(15)29-23-27-8-6-21(28-23)17-10-18(13-26)19-5-7-24(2,20(19)11-17)14-33-34(30,31)32;/h3-4,6,8-11H,5,7,14H2,1-2H3,(H,27,28,29)(H,30,31,32);1H2/t24-;/m0./s1. The fraction of sp³-hybridized carbons (Fsp3) is 0.250. The molecule has 1 atom stereocenters. The fourth-order valence-corrected chi connectivity index (χ4v) is 4.55. The molecule has 0 unspecified atom stereocenters. The number of benzene rings is 2. The predicted octanol–water partition coefficient (Wildman–Crippen LogP) is 4.08. The molecule has 0 aliphatic heterocycles. The molecule has 0 saturated carbocycles. The van der Waals surface area contributed by atoms with Gasteiger partial charge in [0.05, 0.1) is 35.6 Å². The first-order valence-corrected chi connectivity index (χ1v) is 11.8. The van der Waals surface area contributed by atoms with Crippen molar-refractivity contribution in [1.29, 1.82) is 10.5 Å². The summed E-state index contributed by atoms with van der Waals surface area (Å²) < 4.78 is 36.0. The molecule has 3 aromatic rings. The summed E-state index contributed by atoms with van der Waals surface area (Å²) >= 11 is 0. The number of hydrogen-bond acceptors (Lipinski definition) is 8. The lowest BCUT2D eigenvalue weighted by Gasteiger charge is -2.25. The van der Waals surface area contributed by atoms with Gasteiger partial charge in [-0.05, 0) is 66.8 Å². The highest BCUT2D eigenvalue weighted by atomic mass is 32.3. The number of hydrogen-bond donors (Lipinski definition) is 2. The van der Waals surface area contributed by atoms with E-state index in [0.29, 0.717) is 46.9 Å². The summed E-state index contributed by atoms with van der Waals surface area (Å²) in [4.78, 5) is 8.86. The van der Waals surface area contributed by atoms with Gasteiger partial charge in [0.25, 0.3) is 0 Å². The normalized spacial score (nSPS) is 16.5. The SMILES string of the molecule is Cc1ccc(C#N)cc1Nc1nccc(-c2cc(C#N)c3c(c2)[C@](C)(COS(=O)(=O)O)CC3)n1.S. The van der Waals surface area contributed by atoms with Crippen LogP contribution >= 0.6 is 13.5 Å². The number of nitriles is 2. The van der Waals surface area contributed by atoms with Crippen LogP contribution < -0.4 is 5.32 Å². The summed E-state index contributed by atoms with van der Waals surface area (Å²) in [7, 11) is -4.59. The third-order valence-electron chi connectivity index (χ3n) is 6.04. The van der Waals surface area contributed by atoms with Crippen molar-refractivity contribution in [1.82, 2.24) is 9.97 Å². The van der Waals surface area contributed by atoms with Crippen LogP contribution in [0.1, 0.15) is 41.2 Å². The molecule has 9 nitrogen and oxygen atoms in total. The maximum Gasteiger partial charge on any atom is 0.397 e. The van der Waals surface area contributed by atoms with Crippen molar-refractivity contribution in [3.05, 3.63) is 70.4 Å². The van der Waals surface area contributed by atoms with Gasteiger partial charge in [-0.25, -0.2) is 14.2 Å². The molecular formula is C24H23N5O4S2. The van der Waals surface area contributed by atoms with E-state index in [1.165, 1.54) is 0 Å². The summed E-state index contributed by atoms with van der Waals surface area (Å²) in [5.41, 5.74) is 4.78. The van der Waals surface area contributed by atoms with Crippen molar-refractivity contribution >= 4 is 35.5 Å². The van der Waals surface area contributed by atoms with Crippen molar-refractivity contribution in [3.8, 4) is 23.4 Å². The van der Waals surface area contributed by atoms with Gasteiger partial charge in [0.2, 0.25) is 5.95 Å². The second-order valence-electron chi connectivity index (χ2n) is 8.44. The van der Waals surface area contributed by atoms with Crippen LogP contribution in [-0.4, -0.2) is 29.5 Å². The second-order valence-corrected chi connectivity index (χ2v) is 9.54.